The first-order valence-electron chi connectivity index (χ1n) is 7.91. The van der Waals surface area contributed by atoms with Gasteiger partial charge in [-0.05, 0) is 58.0 Å². The van der Waals surface area contributed by atoms with Crippen LogP contribution in [0.25, 0.3) is 0 Å². The summed E-state index contributed by atoms with van der Waals surface area (Å²) < 4.78 is 4.67. The molecular weight excluding hydrogens is 266 g/mol. The Morgan fingerprint density at radius 1 is 1.48 bits per heavy atom. The molecule has 0 aliphatic carbocycles. The number of likely N-dealkylation sites (tertiary alicyclic amines) is 1. The molecule has 1 aromatic heterocycles. The summed E-state index contributed by atoms with van der Waals surface area (Å²) in [6.45, 7) is 6.51. The predicted molar refractivity (Wildman–Crippen MR) is 83.3 cm³/mol. The number of hydrogen-bond donors (Lipinski definition) is 2. The van der Waals surface area contributed by atoms with Crippen molar-refractivity contribution in [2.75, 3.05) is 26.7 Å². The second-order valence-electron chi connectivity index (χ2n) is 5.80. The minimum absolute atomic E-state index is 0.319. The monoisotopic (exact) mass is 293 g/mol. The van der Waals surface area contributed by atoms with Crippen LogP contribution in [0.2, 0.25) is 0 Å². The quantitative estimate of drug-likeness (QED) is 0.597. The maximum Gasteiger partial charge on any atom is 0.354 e. The van der Waals surface area contributed by atoms with Crippen LogP contribution >= 0.6 is 0 Å². The van der Waals surface area contributed by atoms with Crippen LogP contribution in [0.15, 0.2) is 12.1 Å². The van der Waals surface area contributed by atoms with E-state index in [9.17, 15) is 4.79 Å². The van der Waals surface area contributed by atoms with Gasteiger partial charge in [0.05, 0.1) is 7.11 Å². The third-order valence-electron chi connectivity index (χ3n) is 4.21. The fourth-order valence-corrected chi connectivity index (χ4v) is 2.89. The Morgan fingerprint density at radius 3 is 3.10 bits per heavy atom. The molecule has 1 aromatic rings. The summed E-state index contributed by atoms with van der Waals surface area (Å²) in [7, 11) is 1.39. The van der Waals surface area contributed by atoms with E-state index in [0.717, 1.165) is 31.2 Å². The molecule has 1 unspecified atom stereocenters. The van der Waals surface area contributed by atoms with E-state index in [2.05, 4.69) is 26.9 Å². The van der Waals surface area contributed by atoms with Crippen LogP contribution in [-0.2, 0) is 11.3 Å². The predicted octanol–water partition coefficient (Wildman–Crippen LogP) is 2.16. The lowest BCUT2D eigenvalue weighted by molar-refractivity contribution is 0.0594. The standard InChI is InChI=1S/C16H27N3O2/c1-13-6-3-4-10-19(13)11-5-9-17-12-14-7-8-15(18-14)16(20)21-2/h7-8,13,17-18H,3-6,9-12H2,1-2H3. The normalized spacial score (nSPS) is 19.6. The highest BCUT2D eigenvalue weighted by atomic mass is 16.5. The van der Waals surface area contributed by atoms with Crippen LogP contribution < -0.4 is 5.32 Å². The molecule has 21 heavy (non-hydrogen) atoms. The summed E-state index contributed by atoms with van der Waals surface area (Å²) in [4.78, 5) is 17.0. The van der Waals surface area contributed by atoms with E-state index in [1.165, 1.54) is 39.5 Å². The largest absolute Gasteiger partial charge is 0.464 e. The first kappa shape index (κ1) is 16.0. The molecule has 5 heteroatoms. The van der Waals surface area contributed by atoms with Gasteiger partial charge >= 0.3 is 5.97 Å². The Balaban J connectivity index is 1.61. The van der Waals surface area contributed by atoms with Crippen LogP contribution in [-0.4, -0.2) is 48.6 Å². The molecule has 5 nitrogen and oxygen atoms in total. The highest BCUT2D eigenvalue weighted by Gasteiger charge is 2.16. The first-order valence-corrected chi connectivity index (χ1v) is 7.91. The Bertz CT molecular complexity index is 444. The van der Waals surface area contributed by atoms with Crippen molar-refractivity contribution < 1.29 is 9.53 Å². The van der Waals surface area contributed by atoms with Crippen LogP contribution in [0.5, 0.6) is 0 Å². The number of H-pyrrole nitrogens is 1. The molecule has 118 valence electrons. The Hall–Kier alpha value is -1.33. The molecule has 2 heterocycles. The van der Waals surface area contributed by atoms with Crippen molar-refractivity contribution in [3.05, 3.63) is 23.5 Å². The van der Waals surface area contributed by atoms with Gasteiger partial charge in [-0.2, -0.15) is 0 Å². The van der Waals surface area contributed by atoms with E-state index in [-0.39, 0.29) is 5.97 Å². The number of hydrogen-bond acceptors (Lipinski definition) is 4. The average Bonchev–Trinajstić information content (AvgIpc) is 2.97. The lowest BCUT2D eigenvalue weighted by Gasteiger charge is -2.33. The molecule has 1 saturated heterocycles. The number of carbonyl (C=O) groups excluding carboxylic acids is 1. The Labute approximate surface area is 127 Å². The van der Waals surface area contributed by atoms with Crippen LogP contribution in [0.1, 0.15) is 48.8 Å². The number of nitrogens with zero attached hydrogens (tertiary/aromatic N) is 1. The number of nitrogens with one attached hydrogen (secondary N) is 2. The topological polar surface area (TPSA) is 57.4 Å². The number of carbonyl (C=O) groups is 1. The lowest BCUT2D eigenvalue weighted by Crippen LogP contribution is -2.38. The SMILES string of the molecule is COC(=O)c1ccc(CNCCCN2CCCCC2C)[nH]1. The number of ether oxygens (including phenoxy) is 1. The number of esters is 1. The van der Waals surface area contributed by atoms with Gasteiger partial charge in [-0.1, -0.05) is 6.42 Å². The summed E-state index contributed by atoms with van der Waals surface area (Å²) in [5.41, 5.74) is 1.53. The van der Waals surface area contributed by atoms with Crippen LogP contribution in [0, 0.1) is 0 Å². The van der Waals surface area contributed by atoms with E-state index < -0.39 is 0 Å². The van der Waals surface area contributed by atoms with Gasteiger partial charge in [-0.25, -0.2) is 4.79 Å². The van der Waals surface area contributed by atoms with Gasteiger partial charge in [0.1, 0.15) is 5.69 Å². The van der Waals surface area contributed by atoms with Crippen molar-refractivity contribution >= 4 is 5.97 Å². The minimum Gasteiger partial charge on any atom is -0.464 e. The summed E-state index contributed by atoms with van der Waals surface area (Å²) in [5.74, 6) is -0.319. The van der Waals surface area contributed by atoms with E-state index in [1.807, 2.05) is 6.07 Å². The molecule has 1 fully saturated rings. The zero-order valence-corrected chi connectivity index (χ0v) is 13.2. The second-order valence-corrected chi connectivity index (χ2v) is 5.80. The zero-order chi connectivity index (χ0) is 15.1. The van der Waals surface area contributed by atoms with Gasteiger partial charge in [0.15, 0.2) is 0 Å². The molecule has 1 aliphatic heterocycles. The molecule has 0 spiro atoms. The van der Waals surface area contributed by atoms with E-state index in [4.69, 9.17) is 0 Å². The number of aromatic amines is 1. The van der Waals surface area contributed by atoms with E-state index in [1.54, 1.807) is 6.07 Å². The lowest BCUT2D eigenvalue weighted by atomic mass is 10.0. The van der Waals surface area contributed by atoms with Gasteiger partial charge in [0.2, 0.25) is 0 Å². The molecule has 0 amide bonds. The maximum atomic E-state index is 11.3. The number of aromatic nitrogens is 1. The summed E-state index contributed by atoms with van der Waals surface area (Å²) >= 11 is 0. The average molecular weight is 293 g/mol. The zero-order valence-electron chi connectivity index (χ0n) is 13.2. The van der Waals surface area contributed by atoms with Crippen molar-refractivity contribution in [1.29, 1.82) is 0 Å². The molecule has 1 atom stereocenters. The highest BCUT2D eigenvalue weighted by molar-refractivity contribution is 5.87. The van der Waals surface area contributed by atoms with Crippen LogP contribution in [0.3, 0.4) is 0 Å². The third-order valence-corrected chi connectivity index (χ3v) is 4.21. The second kappa shape index (κ2) is 8.20. The maximum absolute atomic E-state index is 11.3. The van der Waals surface area contributed by atoms with Gasteiger partial charge in [0.25, 0.3) is 0 Å². The summed E-state index contributed by atoms with van der Waals surface area (Å²) in [5, 5.41) is 3.42. The van der Waals surface area contributed by atoms with Crippen molar-refractivity contribution in [3.8, 4) is 0 Å². The van der Waals surface area contributed by atoms with E-state index >= 15 is 0 Å². The van der Waals surface area contributed by atoms with Crippen molar-refractivity contribution in [2.24, 2.45) is 0 Å². The fraction of sp³-hybridized carbons (Fsp3) is 0.688. The smallest absolute Gasteiger partial charge is 0.354 e. The van der Waals surface area contributed by atoms with Crippen LogP contribution in [0.4, 0.5) is 0 Å². The van der Waals surface area contributed by atoms with Gasteiger partial charge in [-0.15, -0.1) is 0 Å². The Morgan fingerprint density at radius 2 is 2.33 bits per heavy atom. The molecule has 0 saturated carbocycles. The first-order chi connectivity index (χ1) is 10.2. The van der Waals surface area contributed by atoms with Crippen molar-refractivity contribution in [2.45, 2.75) is 45.2 Å². The molecule has 0 radical (unpaired) electrons. The van der Waals surface area contributed by atoms with E-state index in [0.29, 0.717) is 5.69 Å². The van der Waals surface area contributed by atoms with Gasteiger partial charge < -0.3 is 19.9 Å². The molecule has 1 aliphatic rings. The van der Waals surface area contributed by atoms with Crippen molar-refractivity contribution in [1.82, 2.24) is 15.2 Å². The number of piperidine rings is 1. The fourth-order valence-electron chi connectivity index (χ4n) is 2.89. The molecule has 2 rings (SSSR count). The number of methoxy groups -OCH3 is 1. The minimum atomic E-state index is -0.319. The van der Waals surface area contributed by atoms with Gasteiger partial charge in [-0.3, -0.25) is 0 Å². The Kier molecular flexibility index (Phi) is 6.26. The van der Waals surface area contributed by atoms with Gasteiger partial charge in [0, 0.05) is 18.3 Å². The molecule has 0 aromatic carbocycles. The third kappa shape index (κ3) is 4.86. The molecule has 2 N–H and O–H groups in total. The molecular formula is C16H27N3O2. The summed E-state index contributed by atoms with van der Waals surface area (Å²) in [6.07, 6.45) is 5.23. The summed E-state index contributed by atoms with van der Waals surface area (Å²) in [6, 6.07) is 4.43. The number of rotatable bonds is 7. The van der Waals surface area contributed by atoms with Crippen molar-refractivity contribution in [3.63, 3.8) is 0 Å². The highest BCUT2D eigenvalue weighted by Crippen LogP contribution is 2.16. The molecule has 0 bridgehead atoms.